The third kappa shape index (κ3) is 3.97. The van der Waals surface area contributed by atoms with Gasteiger partial charge in [0.25, 0.3) is 0 Å². The average molecular weight is 361 g/mol. The summed E-state index contributed by atoms with van der Waals surface area (Å²) in [4.78, 5) is 12.7. The maximum Gasteiger partial charge on any atom is 0.137 e. The van der Waals surface area contributed by atoms with Crippen LogP contribution in [0, 0.1) is 13.8 Å². The van der Waals surface area contributed by atoms with Crippen LogP contribution in [0.2, 0.25) is 0 Å². The van der Waals surface area contributed by atoms with Crippen molar-refractivity contribution in [2.75, 3.05) is 33.2 Å². The highest BCUT2D eigenvalue weighted by atomic mass is 15.2. The predicted molar refractivity (Wildman–Crippen MR) is 112 cm³/mol. The van der Waals surface area contributed by atoms with Crippen LogP contribution in [0.4, 0.5) is 0 Å². The Morgan fingerprint density at radius 3 is 2.52 bits per heavy atom. The Kier molecular flexibility index (Phi) is 5.10. The molecule has 1 aliphatic heterocycles. The van der Waals surface area contributed by atoms with Crippen LogP contribution in [-0.4, -0.2) is 53.0 Å². The minimum absolute atomic E-state index is 0.925. The van der Waals surface area contributed by atoms with E-state index in [0.29, 0.717) is 0 Å². The van der Waals surface area contributed by atoms with Crippen LogP contribution >= 0.6 is 0 Å². The van der Waals surface area contributed by atoms with Gasteiger partial charge in [-0.25, -0.2) is 4.98 Å². The molecule has 1 saturated heterocycles. The monoisotopic (exact) mass is 360 g/mol. The Hall–Kier alpha value is -2.43. The van der Waals surface area contributed by atoms with Gasteiger partial charge >= 0.3 is 0 Å². The zero-order valence-electron chi connectivity index (χ0n) is 16.5. The van der Waals surface area contributed by atoms with Crippen molar-refractivity contribution in [1.29, 1.82) is 0 Å². The fourth-order valence-corrected chi connectivity index (χ4v) is 4.01. The number of aromatic amines is 1. The van der Waals surface area contributed by atoms with Crippen LogP contribution in [0.3, 0.4) is 0 Å². The largest absolute Gasteiger partial charge is 0.345 e. The number of imidazole rings is 1. The van der Waals surface area contributed by atoms with Crippen LogP contribution in [0.1, 0.15) is 16.7 Å². The molecule has 0 bridgehead atoms. The summed E-state index contributed by atoms with van der Waals surface area (Å²) in [6, 6.07) is 13.4. The average Bonchev–Trinajstić information content (AvgIpc) is 3.18. The molecule has 0 saturated carbocycles. The molecule has 1 N–H and O–H groups in total. The van der Waals surface area contributed by atoms with Crippen molar-refractivity contribution >= 4 is 0 Å². The molecule has 2 aromatic carbocycles. The first-order valence-electron chi connectivity index (χ1n) is 9.71. The molecule has 0 spiro atoms. The first-order valence-corrected chi connectivity index (χ1v) is 9.71. The third-order valence-corrected chi connectivity index (χ3v) is 5.49. The topological polar surface area (TPSA) is 35.2 Å². The van der Waals surface area contributed by atoms with Gasteiger partial charge in [-0.15, -0.1) is 0 Å². The van der Waals surface area contributed by atoms with Crippen molar-refractivity contribution in [2.45, 2.75) is 20.4 Å². The maximum atomic E-state index is 4.44. The van der Waals surface area contributed by atoms with E-state index in [4.69, 9.17) is 0 Å². The molecule has 0 atom stereocenters. The van der Waals surface area contributed by atoms with E-state index < -0.39 is 0 Å². The maximum absolute atomic E-state index is 4.44. The van der Waals surface area contributed by atoms with E-state index >= 15 is 0 Å². The van der Waals surface area contributed by atoms with Gasteiger partial charge in [0.15, 0.2) is 0 Å². The smallest absolute Gasteiger partial charge is 0.137 e. The number of nitrogens with zero attached hydrogens (tertiary/aromatic N) is 3. The number of hydrogen-bond acceptors (Lipinski definition) is 3. The molecule has 4 rings (SSSR count). The molecule has 1 aliphatic rings. The summed E-state index contributed by atoms with van der Waals surface area (Å²) in [5, 5.41) is 0. The van der Waals surface area contributed by atoms with Gasteiger partial charge in [0.05, 0.1) is 0 Å². The van der Waals surface area contributed by atoms with E-state index in [0.717, 1.165) is 44.1 Å². The Balaban J connectivity index is 1.71. The predicted octanol–water partition coefficient (Wildman–Crippen LogP) is 4.11. The first-order chi connectivity index (χ1) is 13.1. The summed E-state index contributed by atoms with van der Waals surface area (Å²) in [6.45, 7) is 9.95. The summed E-state index contributed by atoms with van der Waals surface area (Å²) in [5.74, 6) is 0.925. The molecule has 0 radical (unpaired) electrons. The second kappa shape index (κ2) is 7.67. The van der Waals surface area contributed by atoms with E-state index in [9.17, 15) is 0 Å². The highest BCUT2D eigenvalue weighted by Gasteiger charge is 2.17. The highest BCUT2D eigenvalue weighted by Crippen LogP contribution is 2.32. The van der Waals surface area contributed by atoms with E-state index in [-0.39, 0.29) is 0 Å². The van der Waals surface area contributed by atoms with Gasteiger partial charge in [-0.2, -0.15) is 0 Å². The van der Waals surface area contributed by atoms with Crippen molar-refractivity contribution in [2.24, 2.45) is 0 Å². The number of rotatable bonds is 4. The number of likely N-dealkylation sites (N-methyl/N-ethyl adjacent to an activating group) is 1. The molecule has 4 heteroatoms. The molecule has 0 aliphatic carbocycles. The van der Waals surface area contributed by atoms with Gasteiger partial charge in [0.1, 0.15) is 5.82 Å². The molecule has 0 amide bonds. The second-order valence-electron chi connectivity index (χ2n) is 7.71. The number of aromatic nitrogens is 2. The van der Waals surface area contributed by atoms with Gasteiger partial charge in [-0.3, -0.25) is 4.90 Å². The van der Waals surface area contributed by atoms with Crippen molar-refractivity contribution in [3.05, 3.63) is 65.5 Å². The fraction of sp³-hybridized carbons (Fsp3) is 0.348. The summed E-state index contributed by atoms with van der Waals surface area (Å²) in [5.41, 5.74) is 7.79. The van der Waals surface area contributed by atoms with Crippen molar-refractivity contribution in [3.63, 3.8) is 0 Å². The van der Waals surface area contributed by atoms with Crippen molar-refractivity contribution in [3.8, 4) is 22.5 Å². The molecule has 2 heterocycles. The van der Waals surface area contributed by atoms with E-state index in [1.807, 2.05) is 12.4 Å². The Morgan fingerprint density at radius 2 is 1.78 bits per heavy atom. The van der Waals surface area contributed by atoms with Crippen molar-refractivity contribution < 1.29 is 0 Å². The van der Waals surface area contributed by atoms with Gasteiger partial charge in [-0.1, -0.05) is 24.3 Å². The molecule has 1 aromatic heterocycles. The lowest BCUT2D eigenvalue weighted by Gasteiger charge is -2.33. The number of benzene rings is 2. The zero-order chi connectivity index (χ0) is 18.8. The second-order valence-corrected chi connectivity index (χ2v) is 7.71. The molecular formula is C23H28N4. The minimum Gasteiger partial charge on any atom is -0.345 e. The normalized spacial score (nSPS) is 16.0. The van der Waals surface area contributed by atoms with Crippen LogP contribution in [-0.2, 0) is 6.54 Å². The summed E-state index contributed by atoms with van der Waals surface area (Å²) in [7, 11) is 2.21. The third-order valence-electron chi connectivity index (χ3n) is 5.49. The van der Waals surface area contributed by atoms with Gasteiger partial charge in [0, 0.05) is 50.7 Å². The van der Waals surface area contributed by atoms with Crippen LogP contribution in [0.25, 0.3) is 22.5 Å². The Morgan fingerprint density at radius 1 is 1.00 bits per heavy atom. The van der Waals surface area contributed by atoms with E-state index in [1.54, 1.807) is 0 Å². The van der Waals surface area contributed by atoms with Gasteiger partial charge in [-0.05, 0) is 60.8 Å². The lowest BCUT2D eigenvalue weighted by molar-refractivity contribution is 0.148. The Bertz CT molecular complexity index is 906. The van der Waals surface area contributed by atoms with Crippen LogP contribution in [0.5, 0.6) is 0 Å². The lowest BCUT2D eigenvalue weighted by Crippen LogP contribution is -2.43. The standard InChI is InChI=1S/C23H28N4/c1-17-13-20(15-21(14-17)23-24-7-8-25-23)22-18(2)5-4-6-19(22)16-27-11-9-26(3)10-12-27/h4-8,13-15H,9-12,16H2,1-3H3,(H,24,25). The fourth-order valence-electron chi connectivity index (χ4n) is 4.01. The minimum atomic E-state index is 0.925. The summed E-state index contributed by atoms with van der Waals surface area (Å²) >= 11 is 0. The highest BCUT2D eigenvalue weighted by molar-refractivity contribution is 5.76. The zero-order valence-corrected chi connectivity index (χ0v) is 16.5. The number of nitrogens with one attached hydrogen (secondary N) is 1. The molecular weight excluding hydrogens is 332 g/mol. The quantitative estimate of drug-likeness (QED) is 0.760. The van der Waals surface area contributed by atoms with E-state index in [2.05, 4.69) is 77.1 Å². The van der Waals surface area contributed by atoms with Crippen LogP contribution < -0.4 is 0 Å². The van der Waals surface area contributed by atoms with Crippen molar-refractivity contribution in [1.82, 2.24) is 19.8 Å². The molecule has 140 valence electrons. The van der Waals surface area contributed by atoms with Gasteiger partial charge < -0.3 is 9.88 Å². The summed E-state index contributed by atoms with van der Waals surface area (Å²) in [6.07, 6.45) is 3.69. The van der Waals surface area contributed by atoms with Crippen LogP contribution in [0.15, 0.2) is 48.8 Å². The first kappa shape index (κ1) is 18.0. The molecule has 1 fully saturated rings. The van der Waals surface area contributed by atoms with E-state index in [1.165, 1.54) is 27.8 Å². The number of hydrogen-bond donors (Lipinski definition) is 1. The Labute approximate surface area is 161 Å². The number of H-pyrrole nitrogens is 1. The molecule has 3 aromatic rings. The molecule has 4 nitrogen and oxygen atoms in total. The lowest BCUT2D eigenvalue weighted by atomic mass is 9.92. The summed E-state index contributed by atoms with van der Waals surface area (Å²) < 4.78 is 0. The number of aryl methyl sites for hydroxylation is 2. The molecule has 0 unspecified atom stereocenters. The number of piperazine rings is 1. The van der Waals surface area contributed by atoms with Gasteiger partial charge in [0.2, 0.25) is 0 Å². The SMILES string of the molecule is Cc1cc(-c2ncc[nH]2)cc(-c2c(C)cccc2CN2CCN(C)CC2)c1. The molecule has 27 heavy (non-hydrogen) atoms.